The van der Waals surface area contributed by atoms with Gasteiger partial charge in [0.25, 0.3) is 0 Å². The molecule has 4 saturated carbocycles. The van der Waals surface area contributed by atoms with Gasteiger partial charge in [-0.25, -0.2) is 0 Å². The van der Waals surface area contributed by atoms with E-state index in [1.54, 1.807) is 0 Å². The zero-order chi connectivity index (χ0) is 14.7. The monoisotopic (exact) mass is 292 g/mol. The summed E-state index contributed by atoms with van der Waals surface area (Å²) in [7, 11) is 0. The molecule has 4 fully saturated rings. The zero-order valence-corrected chi connectivity index (χ0v) is 14.1. The Kier molecular flexibility index (Phi) is 5.27. The van der Waals surface area contributed by atoms with Gasteiger partial charge in [-0.15, -0.1) is 0 Å². The van der Waals surface area contributed by atoms with Crippen LogP contribution in [0.25, 0.3) is 0 Å². The Morgan fingerprint density at radius 2 is 1.43 bits per heavy atom. The van der Waals surface area contributed by atoms with Crippen molar-refractivity contribution in [2.24, 2.45) is 29.0 Å². The molecule has 3 N–H and O–H groups in total. The van der Waals surface area contributed by atoms with Crippen LogP contribution in [0.15, 0.2) is 0 Å². The summed E-state index contributed by atoms with van der Waals surface area (Å²) in [6.07, 6.45) is 18.7. The summed E-state index contributed by atoms with van der Waals surface area (Å²) in [4.78, 5) is 0. The summed E-state index contributed by atoms with van der Waals surface area (Å²) >= 11 is 0. The maximum Gasteiger partial charge on any atom is 0.0267 e. The molecule has 0 spiro atoms. The predicted octanol–water partition coefficient (Wildman–Crippen LogP) is 4.79. The number of hydrogen-bond donors (Lipinski definition) is 2. The minimum Gasteiger partial charge on any atom is -0.271 e. The third kappa shape index (κ3) is 3.47. The molecule has 4 aliphatic rings. The van der Waals surface area contributed by atoms with Crippen molar-refractivity contribution in [2.75, 3.05) is 0 Å². The van der Waals surface area contributed by atoms with Crippen molar-refractivity contribution in [1.29, 1.82) is 0 Å². The highest BCUT2D eigenvalue weighted by molar-refractivity contribution is 5.05. The van der Waals surface area contributed by atoms with Crippen LogP contribution in [0.5, 0.6) is 0 Å². The zero-order valence-electron chi connectivity index (χ0n) is 14.1. The Morgan fingerprint density at radius 3 is 1.95 bits per heavy atom. The lowest BCUT2D eigenvalue weighted by Gasteiger charge is -2.59. The molecule has 2 nitrogen and oxygen atoms in total. The summed E-state index contributed by atoms with van der Waals surface area (Å²) in [6, 6.07) is 0.595. The minimum absolute atomic E-state index is 0.576. The van der Waals surface area contributed by atoms with E-state index in [2.05, 4.69) is 12.3 Å². The van der Waals surface area contributed by atoms with E-state index in [1.165, 1.54) is 83.5 Å². The van der Waals surface area contributed by atoms with Crippen LogP contribution in [-0.4, -0.2) is 6.04 Å². The summed E-state index contributed by atoms with van der Waals surface area (Å²) in [5.41, 5.74) is 3.84. The van der Waals surface area contributed by atoms with Crippen LogP contribution in [0.1, 0.15) is 90.4 Å². The highest BCUT2D eigenvalue weighted by atomic mass is 15.2. The van der Waals surface area contributed by atoms with Gasteiger partial charge in [0.15, 0.2) is 0 Å². The second kappa shape index (κ2) is 7.00. The van der Waals surface area contributed by atoms with E-state index in [0.717, 1.165) is 17.8 Å². The number of nitrogens with two attached hydrogens (primary N) is 1. The SMILES string of the molecule is CCCCCCCCC(NN)C12CC3CC(CC(C3)C1)C2. The Bertz CT molecular complexity index is 290. The molecule has 21 heavy (non-hydrogen) atoms. The van der Waals surface area contributed by atoms with Gasteiger partial charge in [0, 0.05) is 6.04 Å². The van der Waals surface area contributed by atoms with Crippen LogP contribution >= 0.6 is 0 Å². The molecule has 4 rings (SSSR count). The molecule has 0 radical (unpaired) electrons. The van der Waals surface area contributed by atoms with Gasteiger partial charge in [0.05, 0.1) is 0 Å². The first kappa shape index (κ1) is 15.8. The fraction of sp³-hybridized carbons (Fsp3) is 1.00. The summed E-state index contributed by atoms with van der Waals surface area (Å²) < 4.78 is 0. The molecule has 0 saturated heterocycles. The lowest BCUT2D eigenvalue weighted by molar-refractivity contribution is -0.0756. The van der Waals surface area contributed by atoms with Gasteiger partial charge in [0.1, 0.15) is 0 Å². The van der Waals surface area contributed by atoms with Gasteiger partial charge >= 0.3 is 0 Å². The number of rotatable bonds is 9. The van der Waals surface area contributed by atoms with Gasteiger partial charge in [-0.05, 0) is 68.1 Å². The summed E-state index contributed by atoms with van der Waals surface area (Å²) in [6.45, 7) is 2.29. The molecule has 1 unspecified atom stereocenters. The van der Waals surface area contributed by atoms with E-state index >= 15 is 0 Å². The fourth-order valence-corrected chi connectivity index (χ4v) is 6.30. The average Bonchev–Trinajstić information content (AvgIpc) is 2.45. The van der Waals surface area contributed by atoms with Crippen molar-refractivity contribution in [3.8, 4) is 0 Å². The van der Waals surface area contributed by atoms with Crippen LogP contribution < -0.4 is 11.3 Å². The number of hydrogen-bond acceptors (Lipinski definition) is 2. The van der Waals surface area contributed by atoms with Crippen LogP contribution in [0, 0.1) is 23.2 Å². The van der Waals surface area contributed by atoms with Gasteiger partial charge in [-0.3, -0.25) is 11.3 Å². The normalized spacial score (nSPS) is 38.9. The number of hydrazine groups is 1. The second-order valence-corrected chi connectivity index (χ2v) is 8.56. The summed E-state index contributed by atoms with van der Waals surface area (Å²) in [5.74, 6) is 9.12. The fourth-order valence-electron chi connectivity index (χ4n) is 6.30. The lowest BCUT2D eigenvalue weighted by Crippen LogP contribution is -2.57. The van der Waals surface area contributed by atoms with Crippen molar-refractivity contribution in [3.63, 3.8) is 0 Å². The molecular formula is C19H36N2. The first-order valence-corrected chi connectivity index (χ1v) is 9.72. The van der Waals surface area contributed by atoms with Crippen molar-refractivity contribution in [1.82, 2.24) is 5.43 Å². The predicted molar refractivity (Wildman–Crippen MR) is 89.7 cm³/mol. The van der Waals surface area contributed by atoms with Crippen LogP contribution in [0.3, 0.4) is 0 Å². The maximum absolute atomic E-state index is 6.01. The second-order valence-electron chi connectivity index (χ2n) is 8.56. The van der Waals surface area contributed by atoms with Gasteiger partial charge in [-0.2, -0.15) is 0 Å². The van der Waals surface area contributed by atoms with Gasteiger partial charge in [0.2, 0.25) is 0 Å². The quantitative estimate of drug-likeness (QED) is 0.364. The Hall–Kier alpha value is -0.0800. The molecule has 0 aromatic heterocycles. The molecule has 0 aliphatic heterocycles. The van der Waals surface area contributed by atoms with Gasteiger partial charge < -0.3 is 0 Å². The molecule has 0 amide bonds. The molecule has 0 heterocycles. The van der Waals surface area contributed by atoms with E-state index in [9.17, 15) is 0 Å². The van der Waals surface area contributed by atoms with Crippen LogP contribution in [0.2, 0.25) is 0 Å². The van der Waals surface area contributed by atoms with E-state index in [0.29, 0.717) is 11.5 Å². The standard InChI is InChI=1S/C19H36N2/c1-2-3-4-5-6-7-8-18(21-20)19-12-15-9-16(13-19)11-17(10-15)14-19/h15-18,21H,2-14,20H2,1H3. The van der Waals surface area contributed by atoms with E-state index in [-0.39, 0.29) is 0 Å². The topological polar surface area (TPSA) is 38.0 Å². The largest absolute Gasteiger partial charge is 0.271 e. The lowest BCUT2D eigenvalue weighted by atomic mass is 9.47. The smallest absolute Gasteiger partial charge is 0.0267 e. The first-order valence-electron chi connectivity index (χ1n) is 9.72. The number of nitrogens with one attached hydrogen (secondary N) is 1. The molecule has 4 bridgehead atoms. The molecule has 0 aromatic rings. The molecule has 4 aliphatic carbocycles. The van der Waals surface area contributed by atoms with Gasteiger partial charge in [-0.1, -0.05) is 45.4 Å². The van der Waals surface area contributed by atoms with Crippen LogP contribution in [0.4, 0.5) is 0 Å². The van der Waals surface area contributed by atoms with E-state index in [4.69, 9.17) is 5.84 Å². The molecule has 0 aromatic carbocycles. The van der Waals surface area contributed by atoms with E-state index < -0.39 is 0 Å². The van der Waals surface area contributed by atoms with Crippen molar-refractivity contribution in [2.45, 2.75) is 96.4 Å². The minimum atomic E-state index is 0.576. The molecule has 1 atom stereocenters. The summed E-state index contributed by atoms with van der Waals surface area (Å²) in [5, 5.41) is 0. The third-order valence-electron chi connectivity index (χ3n) is 6.87. The van der Waals surface area contributed by atoms with Crippen molar-refractivity contribution >= 4 is 0 Å². The Balaban J connectivity index is 1.49. The first-order chi connectivity index (χ1) is 10.3. The molecular weight excluding hydrogens is 256 g/mol. The highest BCUT2D eigenvalue weighted by Gasteiger charge is 2.53. The molecule has 122 valence electrons. The maximum atomic E-state index is 6.01. The highest BCUT2D eigenvalue weighted by Crippen LogP contribution is 2.61. The molecule has 2 heteroatoms. The third-order valence-corrected chi connectivity index (χ3v) is 6.87. The average molecular weight is 293 g/mol. The Labute approximate surface area is 131 Å². The van der Waals surface area contributed by atoms with E-state index in [1.807, 2.05) is 0 Å². The van der Waals surface area contributed by atoms with Crippen molar-refractivity contribution < 1.29 is 0 Å². The van der Waals surface area contributed by atoms with Crippen molar-refractivity contribution in [3.05, 3.63) is 0 Å². The van der Waals surface area contributed by atoms with Crippen LogP contribution in [-0.2, 0) is 0 Å². The Morgan fingerprint density at radius 1 is 0.905 bits per heavy atom. The number of unbranched alkanes of at least 4 members (excludes halogenated alkanes) is 5.